The SMILES string of the molecule is COC(=O)c1ccc(C=C2CC(C)CC(=Cc3ccc(C(=O)OC)cc3)C2=O)cc1. The number of esters is 2. The first-order chi connectivity index (χ1) is 14.4. The minimum absolute atomic E-state index is 0.0298. The molecular weight excluding hydrogens is 380 g/mol. The van der Waals surface area contributed by atoms with E-state index in [1.54, 1.807) is 48.5 Å². The van der Waals surface area contributed by atoms with Crippen LogP contribution in [0.3, 0.4) is 0 Å². The van der Waals surface area contributed by atoms with Crippen LogP contribution < -0.4 is 0 Å². The van der Waals surface area contributed by atoms with Crippen LogP contribution in [-0.2, 0) is 14.3 Å². The highest BCUT2D eigenvalue weighted by Gasteiger charge is 2.25. The molecule has 0 N–H and O–H groups in total. The van der Waals surface area contributed by atoms with Crippen LogP contribution in [0.15, 0.2) is 59.7 Å². The number of hydrogen-bond acceptors (Lipinski definition) is 5. The Labute approximate surface area is 176 Å². The van der Waals surface area contributed by atoms with E-state index in [4.69, 9.17) is 9.47 Å². The second kappa shape index (κ2) is 9.35. The summed E-state index contributed by atoms with van der Waals surface area (Å²) in [5, 5.41) is 0. The Balaban J connectivity index is 1.84. The molecule has 0 aliphatic heterocycles. The Morgan fingerprint density at radius 2 is 1.13 bits per heavy atom. The molecule has 0 saturated heterocycles. The van der Waals surface area contributed by atoms with E-state index in [1.807, 2.05) is 12.2 Å². The summed E-state index contributed by atoms with van der Waals surface area (Å²) >= 11 is 0. The third-order valence-electron chi connectivity index (χ3n) is 5.07. The Morgan fingerprint density at radius 3 is 1.47 bits per heavy atom. The van der Waals surface area contributed by atoms with Crippen LogP contribution in [-0.4, -0.2) is 31.9 Å². The van der Waals surface area contributed by atoms with Crippen LogP contribution in [0.25, 0.3) is 12.2 Å². The van der Waals surface area contributed by atoms with E-state index in [0.29, 0.717) is 29.9 Å². The van der Waals surface area contributed by atoms with Crippen molar-refractivity contribution in [3.05, 3.63) is 81.9 Å². The first-order valence-electron chi connectivity index (χ1n) is 9.74. The van der Waals surface area contributed by atoms with Crippen molar-refractivity contribution in [2.24, 2.45) is 5.92 Å². The summed E-state index contributed by atoms with van der Waals surface area (Å²) in [7, 11) is 2.69. The lowest BCUT2D eigenvalue weighted by atomic mass is 9.80. The summed E-state index contributed by atoms with van der Waals surface area (Å²) in [6, 6.07) is 14.0. The van der Waals surface area contributed by atoms with Crippen LogP contribution >= 0.6 is 0 Å². The molecule has 1 saturated carbocycles. The van der Waals surface area contributed by atoms with Gasteiger partial charge in [-0.15, -0.1) is 0 Å². The lowest BCUT2D eigenvalue weighted by Gasteiger charge is -2.22. The van der Waals surface area contributed by atoms with E-state index < -0.39 is 0 Å². The second-order valence-electron chi connectivity index (χ2n) is 7.41. The fourth-order valence-electron chi connectivity index (χ4n) is 3.53. The maximum Gasteiger partial charge on any atom is 0.337 e. The average molecular weight is 404 g/mol. The van der Waals surface area contributed by atoms with Crippen molar-refractivity contribution in [2.45, 2.75) is 19.8 Å². The van der Waals surface area contributed by atoms with Gasteiger partial charge in [-0.3, -0.25) is 4.79 Å². The summed E-state index contributed by atoms with van der Waals surface area (Å²) in [6.45, 7) is 2.12. The summed E-state index contributed by atoms with van der Waals surface area (Å²) in [4.78, 5) is 36.2. The molecule has 0 spiro atoms. The van der Waals surface area contributed by atoms with Gasteiger partial charge in [0.15, 0.2) is 5.78 Å². The molecule has 1 aliphatic carbocycles. The van der Waals surface area contributed by atoms with Crippen molar-refractivity contribution >= 4 is 29.9 Å². The number of hydrogen-bond donors (Lipinski definition) is 0. The Hall–Kier alpha value is -3.47. The minimum Gasteiger partial charge on any atom is -0.465 e. The number of benzene rings is 2. The average Bonchev–Trinajstić information content (AvgIpc) is 2.76. The van der Waals surface area contributed by atoms with Crippen LogP contribution in [0.4, 0.5) is 0 Å². The molecule has 0 atom stereocenters. The van der Waals surface area contributed by atoms with Crippen molar-refractivity contribution in [3.8, 4) is 0 Å². The van der Waals surface area contributed by atoms with E-state index in [0.717, 1.165) is 22.3 Å². The van der Waals surface area contributed by atoms with Gasteiger partial charge < -0.3 is 9.47 Å². The molecule has 0 radical (unpaired) electrons. The Bertz CT molecular complexity index is 929. The quantitative estimate of drug-likeness (QED) is 0.544. The van der Waals surface area contributed by atoms with Crippen molar-refractivity contribution in [2.75, 3.05) is 14.2 Å². The van der Waals surface area contributed by atoms with Gasteiger partial charge in [0.25, 0.3) is 0 Å². The van der Waals surface area contributed by atoms with Gasteiger partial charge in [-0.25, -0.2) is 9.59 Å². The van der Waals surface area contributed by atoms with Gasteiger partial charge >= 0.3 is 11.9 Å². The summed E-state index contributed by atoms with van der Waals surface area (Å²) < 4.78 is 9.43. The summed E-state index contributed by atoms with van der Waals surface area (Å²) in [5.74, 6) is -0.411. The molecule has 5 nitrogen and oxygen atoms in total. The van der Waals surface area contributed by atoms with Crippen LogP contribution in [0, 0.1) is 5.92 Å². The second-order valence-corrected chi connectivity index (χ2v) is 7.41. The van der Waals surface area contributed by atoms with Gasteiger partial charge in [0.1, 0.15) is 0 Å². The monoisotopic (exact) mass is 404 g/mol. The lowest BCUT2D eigenvalue weighted by Crippen LogP contribution is -2.18. The molecule has 0 heterocycles. The van der Waals surface area contributed by atoms with E-state index in [9.17, 15) is 14.4 Å². The number of allylic oxidation sites excluding steroid dienone is 2. The van der Waals surface area contributed by atoms with Crippen LogP contribution in [0.1, 0.15) is 51.6 Å². The summed E-state index contributed by atoms with van der Waals surface area (Å²) in [5.41, 5.74) is 4.16. The van der Waals surface area contributed by atoms with E-state index >= 15 is 0 Å². The van der Waals surface area contributed by atoms with Crippen molar-refractivity contribution in [1.82, 2.24) is 0 Å². The molecular formula is C25H24O5. The number of methoxy groups -OCH3 is 2. The predicted octanol–water partition coefficient (Wildman–Crippen LogP) is 4.73. The third-order valence-corrected chi connectivity index (χ3v) is 5.07. The highest BCUT2D eigenvalue weighted by molar-refractivity contribution is 6.14. The largest absolute Gasteiger partial charge is 0.465 e. The molecule has 0 aromatic heterocycles. The molecule has 1 fully saturated rings. The van der Waals surface area contributed by atoms with Crippen molar-refractivity contribution < 1.29 is 23.9 Å². The first-order valence-corrected chi connectivity index (χ1v) is 9.74. The first kappa shape index (κ1) is 21.2. The van der Waals surface area contributed by atoms with Crippen LogP contribution in [0.2, 0.25) is 0 Å². The zero-order valence-electron chi connectivity index (χ0n) is 17.3. The number of carbonyl (C=O) groups is 3. The maximum atomic E-state index is 13.0. The Kier molecular flexibility index (Phi) is 6.62. The van der Waals surface area contributed by atoms with Crippen molar-refractivity contribution in [3.63, 3.8) is 0 Å². The maximum absolute atomic E-state index is 13.0. The highest BCUT2D eigenvalue weighted by atomic mass is 16.5. The number of rotatable bonds is 4. The molecule has 0 bridgehead atoms. The molecule has 154 valence electrons. The van der Waals surface area contributed by atoms with Gasteiger partial charge in [0.2, 0.25) is 0 Å². The minimum atomic E-state index is -0.389. The number of ether oxygens (including phenoxy) is 2. The van der Waals surface area contributed by atoms with E-state index in [1.165, 1.54) is 14.2 Å². The Morgan fingerprint density at radius 1 is 0.767 bits per heavy atom. The third kappa shape index (κ3) is 4.92. The standard InChI is InChI=1S/C25H24O5/c1-16-12-21(14-17-4-8-19(9-5-17)24(27)29-2)23(26)22(13-16)15-18-6-10-20(11-7-18)25(28)30-3/h4-11,14-16H,12-13H2,1-3H3. The predicted molar refractivity (Wildman–Crippen MR) is 115 cm³/mol. The van der Waals surface area contributed by atoms with Gasteiger partial charge in [-0.2, -0.15) is 0 Å². The number of Topliss-reactive ketones (excluding diaryl/α,β-unsaturated/α-hetero) is 1. The zero-order valence-corrected chi connectivity index (χ0v) is 17.3. The molecule has 1 aliphatic rings. The topological polar surface area (TPSA) is 69.7 Å². The molecule has 5 heteroatoms. The molecule has 0 unspecified atom stereocenters. The highest BCUT2D eigenvalue weighted by Crippen LogP contribution is 2.32. The van der Waals surface area contributed by atoms with E-state index in [-0.39, 0.29) is 17.7 Å². The fourth-order valence-corrected chi connectivity index (χ4v) is 3.53. The zero-order chi connectivity index (χ0) is 21.7. The fraction of sp³-hybridized carbons (Fsp3) is 0.240. The van der Waals surface area contributed by atoms with Gasteiger partial charge in [0, 0.05) is 11.1 Å². The van der Waals surface area contributed by atoms with Gasteiger partial charge in [-0.1, -0.05) is 31.2 Å². The molecule has 30 heavy (non-hydrogen) atoms. The van der Waals surface area contributed by atoms with E-state index in [2.05, 4.69) is 6.92 Å². The lowest BCUT2D eigenvalue weighted by molar-refractivity contribution is -0.113. The van der Waals surface area contributed by atoms with Gasteiger partial charge in [0.05, 0.1) is 25.3 Å². The van der Waals surface area contributed by atoms with Crippen LogP contribution in [0.5, 0.6) is 0 Å². The van der Waals surface area contributed by atoms with Gasteiger partial charge in [-0.05, 0) is 66.3 Å². The number of carbonyl (C=O) groups excluding carboxylic acids is 3. The molecule has 0 amide bonds. The smallest absolute Gasteiger partial charge is 0.337 e. The van der Waals surface area contributed by atoms with Crippen molar-refractivity contribution in [1.29, 1.82) is 0 Å². The summed E-state index contributed by atoms with van der Waals surface area (Å²) in [6.07, 6.45) is 5.17. The number of ketones is 1. The molecule has 3 rings (SSSR count). The molecule has 2 aromatic carbocycles. The normalized spacial score (nSPS) is 19.0. The molecule has 2 aromatic rings.